The number of aryl methyl sites for hydroxylation is 2. The van der Waals surface area contributed by atoms with Crippen molar-refractivity contribution in [3.8, 4) is 5.75 Å². The summed E-state index contributed by atoms with van der Waals surface area (Å²) in [5, 5.41) is 9.60. The molecule has 4 nitrogen and oxygen atoms in total. The summed E-state index contributed by atoms with van der Waals surface area (Å²) in [6.07, 6.45) is 0. The lowest BCUT2D eigenvalue weighted by Crippen LogP contribution is -2.31. The Labute approximate surface area is 106 Å². The van der Waals surface area contributed by atoms with Gasteiger partial charge in [-0.25, -0.2) is 4.90 Å². The third kappa shape index (κ3) is 1.61. The molecule has 0 bridgehead atoms. The topological polar surface area (TPSA) is 57.6 Å². The van der Waals surface area contributed by atoms with Crippen molar-refractivity contribution in [3.63, 3.8) is 0 Å². The Morgan fingerprint density at radius 3 is 1.89 bits per heavy atom. The van der Waals surface area contributed by atoms with Crippen LogP contribution in [0.3, 0.4) is 0 Å². The van der Waals surface area contributed by atoms with Crippen LogP contribution >= 0.6 is 0 Å². The van der Waals surface area contributed by atoms with Gasteiger partial charge in [0.25, 0.3) is 11.8 Å². The molecule has 1 heterocycles. The molecule has 0 aromatic heterocycles. The van der Waals surface area contributed by atoms with E-state index in [4.69, 9.17) is 0 Å². The zero-order chi connectivity index (χ0) is 13.6. The second-order valence-corrected chi connectivity index (χ2v) is 4.62. The van der Waals surface area contributed by atoms with Crippen LogP contribution in [0.5, 0.6) is 5.75 Å². The Balaban J connectivity index is 2.56. The highest BCUT2D eigenvalue weighted by Gasteiger charge is 2.35. The van der Waals surface area contributed by atoms with Crippen LogP contribution in [0.4, 0.5) is 5.69 Å². The third-order valence-corrected chi connectivity index (χ3v) is 3.37. The van der Waals surface area contributed by atoms with E-state index in [1.165, 1.54) is 4.90 Å². The van der Waals surface area contributed by atoms with E-state index in [1.54, 1.807) is 39.8 Å². The van der Waals surface area contributed by atoms with Crippen molar-refractivity contribution in [2.24, 2.45) is 0 Å². The Morgan fingerprint density at radius 2 is 1.39 bits per heavy atom. The van der Waals surface area contributed by atoms with Gasteiger partial charge in [-0.05, 0) is 51.0 Å². The van der Waals surface area contributed by atoms with Crippen molar-refractivity contribution in [1.82, 2.24) is 0 Å². The fraction of sp³-hybridized carbons (Fsp3) is 0.286. The number of nitrogens with zero attached hydrogens (tertiary/aromatic N) is 1. The molecule has 18 heavy (non-hydrogen) atoms. The summed E-state index contributed by atoms with van der Waals surface area (Å²) in [5.74, 6) is -0.409. The van der Waals surface area contributed by atoms with Crippen LogP contribution in [0.25, 0.3) is 0 Å². The van der Waals surface area contributed by atoms with Gasteiger partial charge in [0.05, 0.1) is 5.69 Å². The average Bonchev–Trinajstić information content (AvgIpc) is 2.50. The lowest BCUT2D eigenvalue weighted by molar-refractivity contribution is -0.120. The molecule has 2 amide bonds. The molecule has 0 saturated carbocycles. The maximum absolute atomic E-state index is 12.1. The average molecular weight is 245 g/mol. The van der Waals surface area contributed by atoms with Gasteiger partial charge in [0, 0.05) is 11.1 Å². The summed E-state index contributed by atoms with van der Waals surface area (Å²) in [7, 11) is 0. The minimum atomic E-state index is -0.286. The first-order chi connectivity index (χ1) is 8.34. The van der Waals surface area contributed by atoms with E-state index >= 15 is 0 Å². The molecule has 0 saturated heterocycles. The Bertz CT molecular complexity index is 575. The molecule has 1 aromatic carbocycles. The van der Waals surface area contributed by atoms with Gasteiger partial charge in [-0.2, -0.15) is 0 Å². The summed E-state index contributed by atoms with van der Waals surface area (Å²) in [6, 6.07) is 3.22. The van der Waals surface area contributed by atoms with Gasteiger partial charge in [0.2, 0.25) is 0 Å². The van der Waals surface area contributed by atoms with Crippen molar-refractivity contribution < 1.29 is 14.7 Å². The van der Waals surface area contributed by atoms with E-state index in [2.05, 4.69) is 0 Å². The maximum Gasteiger partial charge on any atom is 0.261 e. The van der Waals surface area contributed by atoms with Crippen molar-refractivity contribution >= 4 is 17.5 Å². The highest BCUT2D eigenvalue weighted by Crippen LogP contribution is 2.32. The Morgan fingerprint density at radius 1 is 0.889 bits per heavy atom. The summed E-state index contributed by atoms with van der Waals surface area (Å²) in [6.45, 7) is 6.80. The second-order valence-electron chi connectivity index (χ2n) is 4.62. The van der Waals surface area contributed by atoms with E-state index in [9.17, 15) is 14.7 Å². The quantitative estimate of drug-likeness (QED) is 0.772. The van der Waals surface area contributed by atoms with Gasteiger partial charge < -0.3 is 5.11 Å². The van der Waals surface area contributed by atoms with Crippen LogP contribution in [0.15, 0.2) is 23.3 Å². The molecule has 0 unspecified atom stereocenters. The number of carbonyl (C=O) groups excluding carboxylic acids is 2. The molecule has 0 atom stereocenters. The Kier molecular flexibility index (Phi) is 2.73. The molecule has 1 aromatic rings. The minimum absolute atomic E-state index is 0.164. The summed E-state index contributed by atoms with van der Waals surface area (Å²) in [4.78, 5) is 25.3. The predicted molar refractivity (Wildman–Crippen MR) is 68.4 cm³/mol. The maximum atomic E-state index is 12.1. The molecular formula is C14H15NO3. The highest BCUT2D eigenvalue weighted by atomic mass is 16.3. The number of imide groups is 1. The van der Waals surface area contributed by atoms with Crippen molar-refractivity contribution in [2.45, 2.75) is 27.7 Å². The number of phenolic OH excluding ortho intramolecular Hbond substituents is 1. The molecule has 0 fully saturated rings. The van der Waals surface area contributed by atoms with E-state index in [1.807, 2.05) is 0 Å². The van der Waals surface area contributed by atoms with Gasteiger partial charge >= 0.3 is 0 Å². The molecule has 4 heteroatoms. The van der Waals surface area contributed by atoms with Crippen LogP contribution in [0.1, 0.15) is 25.0 Å². The number of amides is 2. The fourth-order valence-electron chi connectivity index (χ4n) is 1.99. The van der Waals surface area contributed by atoms with Gasteiger partial charge in [0.15, 0.2) is 0 Å². The zero-order valence-corrected chi connectivity index (χ0v) is 10.9. The first kappa shape index (κ1) is 12.4. The van der Waals surface area contributed by atoms with Gasteiger partial charge in [-0.3, -0.25) is 9.59 Å². The number of carbonyl (C=O) groups is 2. The van der Waals surface area contributed by atoms with Crippen LogP contribution in [0, 0.1) is 13.8 Å². The monoisotopic (exact) mass is 245 g/mol. The zero-order valence-electron chi connectivity index (χ0n) is 10.9. The second kappa shape index (κ2) is 3.98. The number of anilines is 1. The number of hydrogen-bond acceptors (Lipinski definition) is 3. The standard InChI is InChI=1S/C14H15NO3/c1-7-6-12(16)8(2)5-11(7)15-13(17)9(3)10(4)14(15)18/h5-6,16H,1-4H3. The van der Waals surface area contributed by atoms with Gasteiger partial charge in [0.1, 0.15) is 5.75 Å². The van der Waals surface area contributed by atoms with Crippen molar-refractivity contribution in [2.75, 3.05) is 4.90 Å². The summed E-state index contributed by atoms with van der Waals surface area (Å²) >= 11 is 0. The summed E-state index contributed by atoms with van der Waals surface area (Å²) in [5.41, 5.74) is 2.83. The normalized spacial score (nSPS) is 15.9. The van der Waals surface area contributed by atoms with E-state index in [0.717, 1.165) is 0 Å². The predicted octanol–water partition coefficient (Wildman–Crippen LogP) is 2.22. The highest BCUT2D eigenvalue weighted by molar-refractivity contribution is 6.32. The molecule has 1 aliphatic heterocycles. The fourth-order valence-corrected chi connectivity index (χ4v) is 1.99. The number of benzene rings is 1. The SMILES string of the molecule is CC1=C(C)C(=O)N(c2cc(C)c(O)cc2C)C1=O. The molecule has 0 radical (unpaired) electrons. The van der Waals surface area contributed by atoms with Crippen molar-refractivity contribution in [1.29, 1.82) is 0 Å². The molecule has 1 aliphatic rings. The first-order valence-electron chi connectivity index (χ1n) is 5.71. The van der Waals surface area contributed by atoms with Crippen LogP contribution in [-0.4, -0.2) is 16.9 Å². The lowest BCUT2D eigenvalue weighted by Gasteiger charge is -2.18. The number of phenols is 1. The lowest BCUT2D eigenvalue weighted by atomic mass is 10.1. The smallest absolute Gasteiger partial charge is 0.261 e. The van der Waals surface area contributed by atoms with E-state index < -0.39 is 0 Å². The molecule has 2 rings (SSSR count). The number of hydrogen-bond donors (Lipinski definition) is 1. The Hall–Kier alpha value is -2.10. The molecule has 1 N–H and O–H groups in total. The van der Waals surface area contributed by atoms with Crippen LogP contribution in [0.2, 0.25) is 0 Å². The molecule has 0 aliphatic carbocycles. The van der Waals surface area contributed by atoms with Gasteiger partial charge in [-0.1, -0.05) is 0 Å². The minimum Gasteiger partial charge on any atom is -0.508 e. The van der Waals surface area contributed by atoms with E-state index in [-0.39, 0.29) is 17.6 Å². The largest absolute Gasteiger partial charge is 0.508 e. The van der Waals surface area contributed by atoms with Crippen LogP contribution in [-0.2, 0) is 9.59 Å². The number of rotatable bonds is 1. The number of aromatic hydroxyl groups is 1. The molecule has 94 valence electrons. The summed E-state index contributed by atoms with van der Waals surface area (Å²) < 4.78 is 0. The van der Waals surface area contributed by atoms with E-state index in [0.29, 0.717) is 28.0 Å². The van der Waals surface area contributed by atoms with Gasteiger partial charge in [-0.15, -0.1) is 0 Å². The van der Waals surface area contributed by atoms with Crippen molar-refractivity contribution in [3.05, 3.63) is 34.4 Å². The first-order valence-corrected chi connectivity index (χ1v) is 5.71. The van der Waals surface area contributed by atoms with Crippen LogP contribution < -0.4 is 4.90 Å². The third-order valence-electron chi connectivity index (χ3n) is 3.37. The molecular weight excluding hydrogens is 230 g/mol. The molecule has 0 spiro atoms.